The van der Waals surface area contributed by atoms with Crippen LogP contribution >= 0.6 is 0 Å². The molecule has 0 amide bonds. The molecule has 0 fully saturated rings. The van der Waals surface area contributed by atoms with Gasteiger partial charge in [0.25, 0.3) is 0 Å². The van der Waals surface area contributed by atoms with Gasteiger partial charge in [-0.2, -0.15) is 0 Å². The van der Waals surface area contributed by atoms with E-state index < -0.39 is 20.2 Å². The van der Waals surface area contributed by atoms with Crippen LogP contribution in [0.1, 0.15) is 0 Å². The zero-order chi connectivity index (χ0) is 17.0. The zero-order valence-corrected chi connectivity index (χ0v) is 13.7. The normalized spacial score (nSPS) is 10.9. The largest absolute Gasteiger partial charge is 2.00 e. The molecule has 2 aromatic rings. The van der Waals surface area contributed by atoms with E-state index in [9.17, 15) is 25.9 Å². The molecule has 0 aromatic heterocycles. The summed E-state index contributed by atoms with van der Waals surface area (Å²) in [6, 6.07) is 8.79. The van der Waals surface area contributed by atoms with Crippen molar-refractivity contribution in [2.24, 2.45) is 0 Å². The number of hydrogen-bond donors (Lipinski definition) is 2. The molecular weight excluding hydrogens is 400 g/mol. The molecule has 2 N–H and O–H groups in total. The number of benzene rings is 2. The van der Waals surface area contributed by atoms with Crippen LogP contribution in [0.25, 0.3) is 0 Å². The van der Waals surface area contributed by atoms with Crippen molar-refractivity contribution in [2.45, 2.75) is 9.79 Å². The van der Waals surface area contributed by atoms with Gasteiger partial charge in [-0.25, -0.2) is 16.8 Å². The average molecular weight is 410 g/mol. The Hall–Kier alpha value is -1.62. The first kappa shape index (κ1) is 21.4. The summed E-state index contributed by atoms with van der Waals surface area (Å²) in [5.74, 6) is -0.144. The van der Waals surface area contributed by atoms with Crippen LogP contribution in [0.2, 0.25) is 0 Å². The third-order valence-electron chi connectivity index (χ3n) is 2.25. The van der Waals surface area contributed by atoms with Crippen LogP contribution in [0.4, 0.5) is 0 Å². The zero-order valence-electron chi connectivity index (χ0n) is 11.1. The molecule has 23 heavy (non-hydrogen) atoms. The molecule has 11 heteroatoms. The Labute approximate surface area is 143 Å². The molecule has 0 saturated heterocycles. The third kappa shape index (κ3) is 7.46. The minimum atomic E-state index is -4.38. The van der Waals surface area contributed by atoms with Gasteiger partial charge in [0.05, 0.1) is 9.79 Å². The van der Waals surface area contributed by atoms with Crippen LogP contribution < -0.4 is 0 Å². The van der Waals surface area contributed by atoms with E-state index in [1.165, 1.54) is 0 Å². The summed E-state index contributed by atoms with van der Waals surface area (Å²) in [4.78, 5) is -0.675. The quantitative estimate of drug-likeness (QED) is 0.539. The standard InChI is InChI=1S/2C6H6O4S.Cu/c2*7-5-1-3-6(4-2-5)11(8,9)10;/h2*1-4,7H,(H,8,9,10);/q;;+2/p-2. The first-order valence-corrected chi connectivity index (χ1v) is 8.31. The number of hydrogen-bond acceptors (Lipinski definition) is 8. The van der Waals surface area contributed by atoms with Gasteiger partial charge in [-0.15, -0.1) is 0 Å². The molecule has 0 heterocycles. The van der Waals surface area contributed by atoms with Gasteiger partial charge < -0.3 is 19.3 Å². The van der Waals surface area contributed by atoms with Crippen molar-refractivity contribution in [3.8, 4) is 11.5 Å². The van der Waals surface area contributed by atoms with Crippen LogP contribution in [0.3, 0.4) is 0 Å². The Morgan fingerprint density at radius 1 is 0.609 bits per heavy atom. The van der Waals surface area contributed by atoms with Gasteiger partial charge in [-0.05, 0) is 48.5 Å². The Morgan fingerprint density at radius 3 is 1.00 bits per heavy atom. The van der Waals surface area contributed by atoms with Gasteiger partial charge in [0.1, 0.15) is 31.7 Å². The molecule has 2 rings (SSSR count). The van der Waals surface area contributed by atoms with Crippen LogP contribution in [0, 0.1) is 0 Å². The fraction of sp³-hybridized carbons (Fsp3) is 0. The topological polar surface area (TPSA) is 155 Å². The second-order valence-electron chi connectivity index (χ2n) is 3.90. The van der Waals surface area contributed by atoms with Crippen molar-refractivity contribution >= 4 is 20.2 Å². The molecule has 0 saturated carbocycles. The van der Waals surface area contributed by atoms with Gasteiger partial charge in [0.2, 0.25) is 0 Å². The summed E-state index contributed by atoms with van der Waals surface area (Å²) in [7, 11) is -8.76. The summed E-state index contributed by atoms with van der Waals surface area (Å²) < 4.78 is 61.8. The third-order valence-corrected chi connectivity index (χ3v) is 3.95. The van der Waals surface area contributed by atoms with E-state index in [1.807, 2.05) is 0 Å². The van der Waals surface area contributed by atoms with Crippen LogP contribution in [-0.4, -0.2) is 36.2 Å². The maximum Gasteiger partial charge on any atom is 2.00 e. The predicted octanol–water partition coefficient (Wildman–Crippen LogP) is 0.590. The van der Waals surface area contributed by atoms with Crippen molar-refractivity contribution in [3.05, 3.63) is 48.5 Å². The molecule has 0 unspecified atom stereocenters. The van der Waals surface area contributed by atoms with E-state index in [2.05, 4.69) is 0 Å². The molecular formula is C12H10CuO8S2. The van der Waals surface area contributed by atoms with Crippen molar-refractivity contribution in [1.29, 1.82) is 0 Å². The molecule has 0 aliphatic carbocycles. The maximum atomic E-state index is 10.3. The van der Waals surface area contributed by atoms with E-state index in [0.29, 0.717) is 0 Å². The maximum absolute atomic E-state index is 10.3. The second kappa shape index (κ2) is 8.29. The van der Waals surface area contributed by atoms with E-state index in [1.54, 1.807) is 0 Å². The molecule has 129 valence electrons. The van der Waals surface area contributed by atoms with Gasteiger partial charge in [0, 0.05) is 0 Å². The molecule has 0 bridgehead atoms. The molecule has 1 radical (unpaired) electrons. The summed E-state index contributed by atoms with van der Waals surface area (Å²) in [5.41, 5.74) is 0. The molecule has 8 nitrogen and oxygen atoms in total. The fourth-order valence-corrected chi connectivity index (χ4v) is 2.16. The molecule has 0 spiro atoms. The molecule has 0 atom stereocenters. The minimum absolute atomic E-state index is 0. The van der Waals surface area contributed by atoms with Crippen molar-refractivity contribution in [3.63, 3.8) is 0 Å². The number of phenols is 2. The molecule has 0 aliphatic rings. The number of aromatic hydroxyl groups is 2. The van der Waals surface area contributed by atoms with Crippen LogP contribution in [-0.2, 0) is 37.3 Å². The Bertz CT molecular complexity index is 754. The Morgan fingerprint density at radius 2 is 0.826 bits per heavy atom. The van der Waals surface area contributed by atoms with E-state index in [4.69, 9.17) is 10.2 Å². The van der Waals surface area contributed by atoms with Crippen molar-refractivity contribution < 1.29 is 53.2 Å². The van der Waals surface area contributed by atoms with Gasteiger partial charge in [-0.3, -0.25) is 0 Å². The average Bonchev–Trinajstić information content (AvgIpc) is 2.38. The van der Waals surface area contributed by atoms with Crippen molar-refractivity contribution in [1.82, 2.24) is 0 Å². The number of phenolic OH excluding ortho intramolecular Hbond substituents is 2. The van der Waals surface area contributed by atoms with Crippen LogP contribution in [0.15, 0.2) is 58.3 Å². The van der Waals surface area contributed by atoms with Crippen LogP contribution in [0.5, 0.6) is 11.5 Å². The van der Waals surface area contributed by atoms with Gasteiger partial charge in [-0.1, -0.05) is 0 Å². The fourth-order valence-electron chi connectivity index (χ4n) is 1.23. The number of rotatable bonds is 2. The molecule has 0 aliphatic heterocycles. The predicted molar refractivity (Wildman–Crippen MR) is 72.1 cm³/mol. The SMILES string of the molecule is O=S(=O)([O-])c1ccc(O)cc1.O=S(=O)([O-])c1ccc(O)cc1.[Cu+2]. The minimum Gasteiger partial charge on any atom is -0.744 e. The first-order valence-electron chi connectivity index (χ1n) is 5.50. The van der Waals surface area contributed by atoms with Gasteiger partial charge >= 0.3 is 17.1 Å². The second-order valence-corrected chi connectivity index (χ2v) is 6.66. The van der Waals surface area contributed by atoms with E-state index in [-0.39, 0.29) is 38.4 Å². The summed E-state index contributed by atoms with van der Waals surface area (Å²) in [6.45, 7) is 0. The first-order chi connectivity index (χ1) is 10.00. The summed E-state index contributed by atoms with van der Waals surface area (Å²) in [6.07, 6.45) is 0. The van der Waals surface area contributed by atoms with Crippen molar-refractivity contribution in [2.75, 3.05) is 0 Å². The Balaban J connectivity index is 0.000000403. The monoisotopic (exact) mass is 409 g/mol. The van der Waals surface area contributed by atoms with E-state index >= 15 is 0 Å². The smallest absolute Gasteiger partial charge is 0.744 e. The molecule has 2 aromatic carbocycles. The van der Waals surface area contributed by atoms with E-state index in [0.717, 1.165) is 48.5 Å². The summed E-state index contributed by atoms with van der Waals surface area (Å²) >= 11 is 0. The van der Waals surface area contributed by atoms with Gasteiger partial charge in [0.15, 0.2) is 0 Å². The Kier molecular flexibility index (Phi) is 7.71. The summed E-state index contributed by atoms with van der Waals surface area (Å²) in [5, 5.41) is 17.5.